The fourth-order valence-corrected chi connectivity index (χ4v) is 20.0. The fourth-order valence-electron chi connectivity index (χ4n) is 8.72. The second-order valence-electron chi connectivity index (χ2n) is 20.9. The van der Waals surface area contributed by atoms with E-state index in [1.807, 2.05) is 41.5 Å². The van der Waals surface area contributed by atoms with Gasteiger partial charge in [-0.2, -0.15) is 0 Å². The summed E-state index contributed by atoms with van der Waals surface area (Å²) in [5.41, 5.74) is 5.44. The third kappa shape index (κ3) is 14.7. The molecule has 3 aromatic heterocycles. The van der Waals surface area contributed by atoms with Crippen LogP contribution in [0.4, 0.5) is 4.39 Å². The molecule has 5 rings (SSSR count). The van der Waals surface area contributed by atoms with Gasteiger partial charge in [-0.3, -0.25) is 4.39 Å². The van der Waals surface area contributed by atoms with Crippen molar-refractivity contribution in [3.8, 4) is 0 Å². The summed E-state index contributed by atoms with van der Waals surface area (Å²) in [7, 11) is -3.88. The van der Waals surface area contributed by atoms with Crippen molar-refractivity contribution < 1.29 is 51.9 Å². The molecule has 379 valence electrons. The summed E-state index contributed by atoms with van der Waals surface area (Å²) in [6.45, 7) is 50.2. The predicted octanol–water partition coefficient (Wildman–Crippen LogP) is 13.4. The number of halogens is 3. The number of aryl methyl sites for hydroxylation is 3. The molecule has 0 atom stereocenters. The molecule has 0 spiro atoms. The van der Waals surface area contributed by atoms with Gasteiger partial charge in [0.1, 0.15) is 6.61 Å². The van der Waals surface area contributed by atoms with Crippen molar-refractivity contribution in [2.24, 2.45) is 0 Å². The van der Waals surface area contributed by atoms with E-state index in [2.05, 4.69) is 158 Å². The zero-order chi connectivity index (χ0) is 52.3. The highest BCUT2D eigenvalue weighted by molar-refractivity contribution is 9.10. The minimum atomic E-state index is -1.99. The zero-order valence-corrected chi connectivity index (χ0v) is 49.7. The molecule has 0 saturated carbocycles. The number of aromatic nitrogens is 3. The summed E-state index contributed by atoms with van der Waals surface area (Å²) in [6.07, 6.45) is 0. The van der Waals surface area contributed by atoms with Crippen molar-refractivity contribution in [3.63, 3.8) is 0 Å². The zero-order valence-electron chi connectivity index (χ0n) is 45.5. The number of aliphatic hydroxyl groups excluding tert-OH is 1. The maximum absolute atomic E-state index is 9.96. The Kier molecular flexibility index (Phi) is 23.8. The molecule has 0 aliphatic carbocycles. The lowest BCUT2D eigenvalue weighted by molar-refractivity contribution is 0.00578. The Labute approximate surface area is 419 Å². The first-order chi connectivity index (χ1) is 30.6. The topological polar surface area (TPSA) is 154 Å². The van der Waals surface area contributed by atoms with E-state index < -0.39 is 42.1 Å². The van der Waals surface area contributed by atoms with Crippen LogP contribution in [0.15, 0.2) is 22.5 Å². The summed E-state index contributed by atoms with van der Waals surface area (Å²) in [4.78, 5) is 0. The monoisotopic (exact) mass is 1100 g/mol. The molecular weight excluding hydrogens is 1010 g/mol. The Bertz CT molecular complexity index is 1860. The average Bonchev–Trinajstić information content (AvgIpc) is 3.95. The molecule has 13 nitrogen and oxygen atoms in total. The molecule has 0 amide bonds. The molecule has 2 aliphatic rings. The Morgan fingerprint density at radius 2 is 0.894 bits per heavy atom. The number of nitrogens with zero attached hydrogens (tertiary/aromatic N) is 3. The van der Waals surface area contributed by atoms with Gasteiger partial charge in [0, 0.05) is 0 Å². The summed E-state index contributed by atoms with van der Waals surface area (Å²) < 4.78 is 69.0. The molecular formula is C46H85B2Br2FN3O10Si2. The van der Waals surface area contributed by atoms with Crippen LogP contribution in [0.5, 0.6) is 0 Å². The van der Waals surface area contributed by atoms with E-state index in [9.17, 15) is 4.39 Å². The molecule has 0 unspecified atom stereocenters. The van der Waals surface area contributed by atoms with E-state index in [0.29, 0.717) is 52.2 Å². The Morgan fingerprint density at radius 1 is 0.591 bits per heavy atom. The molecule has 0 bridgehead atoms. The van der Waals surface area contributed by atoms with Crippen molar-refractivity contribution in [3.05, 3.63) is 43.3 Å². The van der Waals surface area contributed by atoms with E-state index >= 15 is 0 Å². The maximum atomic E-state index is 9.96. The summed E-state index contributed by atoms with van der Waals surface area (Å²) in [5.74, 6) is 2.01. The molecule has 5 heterocycles. The number of alkyl halides is 1. The predicted molar refractivity (Wildman–Crippen MR) is 276 cm³/mol. The van der Waals surface area contributed by atoms with Gasteiger partial charge in [0.05, 0.1) is 75.6 Å². The largest absolute Gasteiger partial charge is 0.500 e. The standard InChI is InChI=1S/C20H38BNO4Si.C14H26BrNO2Si.C6H12BO2.C5H6BrNO2.CH3F/c1-13(2)27(14(3)4,15(5)6)23-12-17-18(16(7)22-24-17)21-25-19(8,9)20(10,11)26-21;1-9(2)19(10(3)4,11(5)6)17-8-13-14(15)12(7)16-18-13;1-5(2)6(3,4)9-7-8-5;1-3-5(6)4(2-8)9-7-3;1-2/h13-15H,12H2,1-11H3;9-11H,8H2,1-7H3;1-4H3;8H,2H2,1H3;1H3/i;;;;1D. The van der Waals surface area contributed by atoms with Gasteiger partial charge in [0.15, 0.2) is 17.3 Å². The van der Waals surface area contributed by atoms with Gasteiger partial charge in [-0.15, -0.1) is 0 Å². The highest BCUT2D eigenvalue weighted by Crippen LogP contribution is 2.45. The fraction of sp³-hybridized carbons (Fsp3) is 0.804. The summed E-state index contributed by atoms with van der Waals surface area (Å²) in [5, 5.41) is 20.3. The smallest absolute Gasteiger partial charge is 0.408 e. The number of hydrogen-bond acceptors (Lipinski definition) is 13. The van der Waals surface area contributed by atoms with Crippen LogP contribution in [0.2, 0.25) is 33.2 Å². The van der Waals surface area contributed by atoms with Gasteiger partial charge >= 0.3 is 14.8 Å². The minimum Gasteiger partial charge on any atom is -0.408 e. The second kappa shape index (κ2) is 25.8. The first kappa shape index (κ1) is 60.9. The molecule has 66 heavy (non-hydrogen) atoms. The van der Waals surface area contributed by atoms with Gasteiger partial charge < -0.3 is 46.1 Å². The Balaban J connectivity index is 0.000000482. The molecule has 1 radical (unpaired) electrons. The lowest BCUT2D eigenvalue weighted by Gasteiger charge is -2.41. The summed E-state index contributed by atoms with van der Waals surface area (Å²) in [6, 6.07) is 0. The van der Waals surface area contributed by atoms with Crippen LogP contribution in [-0.2, 0) is 47.3 Å². The van der Waals surface area contributed by atoms with E-state index in [-0.39, 0.29) is 17.8 Å². The number of aliphatic hydroxyl groups is 1. The molecule has 3 aromatic rings. The number of rotatable bonds is 14. The van der Waals surface area contributed by atoms with Crippen LogP contribution in [-0.4, -0.2) is 81.6 Å². The van der Waals surface area contributed by atoms with Crippen LogP contribution in [0.1, 0.15) is 174 Å². The normalized spacial score (nSPS) is 17.5. The SMILES string of the molecule is CC1(C)O[B]OC1(C)C.Cc1noc(CO)c1Br.Cc1noc(CO[Si](C(C)C)(C(C)C)C(C)C)c1B1OC(C)(C)C(C)(C)O1.Cc1noc(CO[Si](C(C)C)(C(C)C)C(C)C)c1Br.[2H]CF. The van der Waals surface area contributed by atoms with Crippen LogP contribution in [0, 0.1) is 20.8 Å². The second-order valence-corrected chi connectivity index (χ2v) is 33.4. The third-order valence-corrected chi connectivity index (χ3v) is 27.9. The summed E-state index contributed by atoms with van der Waals surface area (Å²) >= 11 is 6.70. The van der Waals surface area contributed by atoms with Crippen LogP contribution in [0.25, 0.3) is 0 Å². The van der Waals surface area contributed by atoms with Gasteiger partial charge in [-0.25, -0.2) is 0 Å². The highest BCUT2D eigenvalue weighted by Gasteiger charge is 2.54. The van der Waals surface area contributed by atoms with E-state index in [0.717, 1.165) is 43.0 Å². The highest BCUT2D eigenvalue weighted by atomic mass is 79.9. The molecule has 2 fully saturated rings. The molecule has 1 N–H and O–H groups in total. The van der Waals surface area contributed by atoms with Gasteiger partial charge in [0.25, 0.3) is 0 Å². The quantitative estimate of drug-likeness (QED) is 0.152. The Morgan fingerprint density at radius 3 is 1.15 bits per heavy atom. The average molecular weight is 1100 g/mol. The first-order valence-corrected chi connectivity index (χ1v) is 28.9. The van der Waals surface area contributed by atoms with Crippen molar-refractivity contribution in [2.75, 3.05) is 7.15 Å². The van der Waals surface area contributed by atoms with Crippen molar-refractivity contribution in [2.45, 2.75) is 235 Å². The molecule has 2 aliphatic heterocycles. The maximum Gasteiger partial charge on any atom is 0.500 e. The molecule has 2 saturated heterocycles. The van der Waals surface area contributed by atoms with Gasteiger partial charge in [-0.05, 0) is 141 Å². The van der Waals surface area contributed by atoms with E-state index in [1.54, 1.807) is 6.92 Å². The van der Waals surface area contributed by atoms with Crippen molar-refractivity contribution in [1.82, 2.24) is 15.5 Å². The first-order valence-electron chi connectivity index (χ1n) is 23.8. The van der Waals surface area contributed by atoms with E-state index in [1.165, 1.54) is 7.69 Å². The molecule has 20 heteroatoms. The number of hydrogen-bond donors (Lipinski definition) is 1. The third-order valence-electron chi connectivity index (χ3n) is 13.8. The lowest BCUT2D eigenvalue weighted by Crippen LogP contribution is -2.48. The molecule has 0 aromatic carbocycles. The van der Waals surface area contributed by atoms with Crippen LogP contribution < -0.4 is 5.46 Å². The van der Waals surface area contributed by atoms with Gasteiger partial charge in [0.2, 0.25) is 16.6 Å². The van der Waals surface area contributed by atoms with Crippen LogP contribution >= 0.6 is 31.9 Å². The van der Waals surface area contributed by atoms with Crippen molar-refractivity contribution in [1.29, 1.82) is 0 Å². The Hall–Kier alpha value is -1.20. The van der Waals surface area contributed by atoms with Gasteiger partial charge in [-0.1, -0.05) is 98.6 Å². The van der Waals surface area contributed by atoms with Crippen molar-refractivity contribution >= 4 is 68.8 Å². The minimum absolute atomic E-state index is 0.110. The van der Waals surface area contributed by atoms with Crippen LogP contribution in [0.3, 0.4) is 0 Å². The van der Waals surface area contributed by atoms with E-state index in [4.69, 9.17) is 47.5 Å². The lowest BCUT2D eigenvalue weighted by atomic mass is 9.77.